The second-order valence-electron chi connectivity index (χ2n) is 3.94. The van der Waals surface area contributed by atoms with Crippen LogP contribution in [0.15, 0.2) is 29.6 Å². The van der Waals surface area contributed by atoms with Crippen molar-refractivity contribution in [2.75, 3.05) is 0 Å². The van der Waals surface area contributed by atoms with E-state index in [1.165, 1.54) is 0 Å². The van der Waals surface area contributed by atoms with Crippen molar-refractivity contribution in [1.29, 1.82) is 0 Å². The van der Waals surface area contributed by atoms with E-state index in [4.69, 9.17) is 5.73 Å². The molecular weight excluding hydrogens is 218 g/mol. The molecule has 0 spiro atoms. The third-order valence-corrected chi connectivity index (χ3v) is 3.71. The van der Waals surface area contributed by atoms with Gasteiger partial charge in [0.05, 0.1) is 0 Å². The number of nitrogens with two attached hydrogens (primary N) is 1. The van der Waals surface area contributed by atoms with Crippen LogP contribution in [0.5, 0.6) is 0 Å². The largest absolute Gasteiger partial charge is 0.327 e. The lowest BCUT2D eigenvalue weighted by Crippen LogP contribution is -2.22. The van der Waals surface area contributed by atoms with Crippen molar-refractivity contribution in [2.24, 2.45) is 5.73 Å². The summed E-state index contributed by atoms with van der Waals surface area (Å²) >= 11 is 1.62. The van der Waals surface area contributed by atoms with Crippen LogP contribution in [-0.4, -0.2) is 11.8 Å². The molecule has 1 aromatic carbocycles. The second-order valence-corrected chi connectivity index (χ2v) is 4.86. The fourth-order valence-corrected chi connectivity index (χ4v) is 2.64. The SMILES string of the molecule is CCC(N)CC(=O)c1cccc2ccsc12. The van der Waals surface area contributed by atoms with Crippen molar-refractivity contribution in [3.05, 3.63) is 35.2 Å². The molecule has 2 N–H and O–H groups in total. The van der Waals surface area contributed by atoms with E-state index in [2.05, 4.69) is 0 Å². The quantitative estimate of drug-likeness (QED) is 0.824. The zero-order chi connectivity index (χ0) is 11.5. The molecule has 16 heavy (non-hydrogen) atoms. The predicted molar refractivity (Wildman–Crippen MR) is 69.0 cm³/mol. The molecular formula is C13H15NOS. The fraction of sp³-hybridized carbons (Fsp3) is 0.308. The molecule has 0 fully saturated rings. The first kappa shape index (κ1) is 11.3. The molecule has 0 radical (unpaired) electrons. The highest BCUT2D eigenvalue weighted by Crippen LogP contribution is 2.25. The van der Waals surface area contributed by atoms with E-state index in [1.54, 1.807) is 11.3 Å². The Morgan fingerprint density at radius 2 is 2.25 bits per heavy atom. The summed E-state index contributed by atoms with van der Waals surface area (Å²) in [7, 11) is 0. The van der Waals surface area contributed by atoms with Crippen LogP contribution >= 0.6 is 11.3 Å². The number of carbonyl (C=O) groups excluding carboxylic acids is 1. The topological polar surface area (TPSA) is 43.1 Å². The molecule has 2 rings (SSSR count). The molecule has 3 heteroatoms. The van der Waals surface area contributed by atoms with Gasteiger partial charge in [-0.3, -0.25) is 4.79 Å². The number of hydrogen-bond donors (Lipinski definition) is 1. The summed E-state index contributed by atoms with van der Waals surface area (Å²) < 4.78 is 1.08. The summed E-state index contributed by atoms with van der Waals surface area (Å²) in [5, 5.41) is 3.15. The Morgan fingerprint density at radius 3 is 3.00 bits per heavy atom. The number of hydrogen-bond acceptors (Lipinski definition) is 3. The Balaban J connectivity index is 2.32. The van der Waals surface area contributed by atoms with Crippen molar-refractivity contribution in [2.45, 2.75) is 25.8 Å². The van der Waals surface area contributed by atoms with Crippen molar-refractivity contribution < 1.29 is 4.79 Å². The highest BCUT2D eigenvalue weighted by Gasteiger charge is 2.13. The molecule has 0 aliphatic rings. The molecule has 1 heterocycles. The minimum Gasteiger partial charge on any atom is -0.327 e. The number of carbonyl (C=O) groups is 1. The number of benzene rings is 1. The average molecular weight is 233 g/mol. The molecule has 2 nitrogen and oxygen atoms in total. The van der Waals surface area contributed by atoms with Crippen LogP contribution in [0, 0.1) is 0 Å². The molecule has 1 atom stereocenters. The third-order valence-electron chi connectivity index (χ3n) is 2.75. The molecule has 0 amide bonds. The number of Topliss-reactive ketones (excluding diaryl/α,β-unsaturated/α-hetero) is 1. The first-order chi connectivity index (χ1) is 7.72. The maximum absolute atomic E-state index is 12.1. The van der Waals surface area contributed by atoms with Gasteiger partial charge in [0.1, 0.15) is 0 Å². The normalized spacial score (nSPS) is 12.9. The Kier molecular flexibility index (Phi) is 3.36. The van der Waals surface area contributed by atoms with E-state index in [-0.39, 0.29) is 11.8 Å². The van der Waals surface area contributed by atoms with Gasteiger partial charge in [0, 0.05) is 22.7 Å². The second kappa shape index (κ2) is 4.76. The van der Waals surface area contributed by atoms with Crippen molar-refractivity contribution in [3.63, 3.8) is 0 Å². The van der Waals surface area contributed by atoms with Crippen molar-refractivity contribution in [3.8, 4) is 0 Å². The Morgan fingerprint density at radius 1 is 1.44 bits per heavy atom. The monoisotopic (exact) mass is 233 g/mol. The number of ketones is 1. The highest BCUT2D eigenvalue weighted by atomic mass is 32.1. The number of rotatable bonds is 4. The van der Waals surface area contributed by atoms with Gasteiger partial charge in [-0.25, -0.2) is 0 Å². The maximum Gasteiger partial charge on any atom is 0.165 e. The molecule has 0 saturated heterocycles. The van der Waals surface area contributed by atoms with Crippen LogP contribution in [0.3, 0.4) is 0 Å². The minimum atomic E-state index is -0.0253. The van der Waals surface area contributed by atoms with Crippen LogP contribution in [0.1, 0.15) is 30.1 Å². The molecule has 1 unspecified atom stereocenters. The lowest BCUT2D eigenvalue weighted by Gasteiger charge is -2.07. The van der Waals surface area contributed by atoms with Gasteiger partial charge in [0.2, 0.25) is 0 Å². The smallest absolute Gasteiger partial charge is 0.165 e. The van der Waals surface area contributed by atoms with Gasteiger partial charge in [-0.1, -0.05) is 19.1 Å². The van der Waals surface area contributed by atoms with Gasteiger partial charge in [-0.05, 0) is 29.3 Å². The maximum atomic E-state index is 12.1. The predicted octanol–water partition coefficient (Wildman–Crippen LogP) is 3.21. The zero-order valence-electron chi connectivity index (χ0n) is 9.27. The van der Waals surface area contributed by atoms with Gasteiger partial charge >= 0.3 is 0 Å². The van der Waals surface area contributed by atoms with E-state index >= 15 is 0 Å². The minimum absolute atomic E-state index is 0.0253. The summed E-state index contributed by atoms with van der Waals surface area (Å²) in [5.41, 5.74) is 6.63. The van der Waals surface area contributed by atoms with Crippen molar-refractivity contribution in [1.82, 2.24) is 0 Å². The molecule has 0 aliphatic heterocycles. The number of thiophene rings is 1. The highest BCUT2D eigenvalue weighted by molar-refractivity contribution is 7.17. The van der Waals surface area contributed by atoms with Crippen LogP contribution in [0.25, 0.3) is 10.1 Å². The van der Waals surface area contributed by atoms with E-state index < -0.39 is 0 Å². The Labute approximate surface area is 99.1 Å². The molecule has 0 bridgehead atoms. The first-order valence-corrected chi connectivity index (χ1v) is 6.35. The molecule has 84 valence electrons. The molecule has 2 aromatic rings. The summed E-state index contributed by atoms with van der Waals surface area (Å²) in [4.78, 5) is 12.1. The van der Waals surface area contributed by atoms with E-state index in [1.807, 2.05) is 36.6 Å². The van der Waals surface area contributed by atoms with Gasteiger partial charge in [-0.2, -0.15) is 0 Å². The average Bonchev–Trinajstić information content (AvgIpc) is 2.76. The van der Waals surface area contributed by atoms with Gasteiger partial charge in [-0.15, -0.1) is 11.3 Å². The zero-order valence-corrected chi connectivity index (χ0v) is 10.1. The van der Waals surface area contributed by atoms with Gasteiger partial charge in [0.15, 0.2) is 5.78 Å². The molecule has 1 aromatic heterocycles. The lowest BCUT2D eigenvalue weighted by atomic mass is 10.0. The van der Waals surface area contributed by atoms with Crippen LogP contribution in [0.2, 0.25) is 0 Å². The summed E-state index contributed by atoms with van der Waals surface area (Å²) in [6, 6.07) is 7.87. The Hall–Kier alpha value is -1.19. The summed E-state index contributed by atoms with van der Waals surface area (Å²) in [5.74, 6) is 0.155. The summed E-state index contributed by atoms with van der Waals surface area (Å²) in [6.45, 7) is 2.00. The molecule has 0 saturated carbocycles. The van der Waals surface area contributed by atoms with E-state index in [0.29, 0.717) is 6.42 Å². The first-order valence-electron chi connectivity index (χ1n) is 5.47. The van der Waals surface area contributed by atoms with Crippen LogP contribution < -0.4 is 5.73 Å². The van der Waals surface area contributed by atoms with E-state index in [0.717, 1.165) is 22.1 Å². The molecule has 0 aliphatic carbocycles. The fourth-order valence-electron chi connectivity index (χ4n) is 1.71. The van der Waals surface area contributed by atoms with Gasteiger partial charge < -0.3 is 5.73 Å². The standard InChI is InChI=1S/C13H15NOS/c1-2-10(14)8-12(15)11-5-3-4-9-6-7-16-13(9)11/h3-7,10H,2,8,14H2,1H3. The van der Waals surface area contributed by atoms with Crippen molar-refractivity contribution >= 4 is 27.2 Å². The van der Waals surface area contributed by atoms with Crippen LogP contribution in [-0.2, 0) is 0 Å². The third kappa shape index (κ3) is 2.15. The van der Waals surface area contributed by atoms with Crippen LogP contribution in [0.4, 0.5) is 0 Å². The van der Waals surface area contributed by atoms with Gasteiger partial charge in [0.25, 0.3) is 0 Å². The summed E-state index contributed by atoms with van der Waals surface area (Å²) in [6.07, 6.45) is 1.28. The number of fused-ring (bicyclic) bond motifs is 1. The lowest BCUT2D eigenvalue weighted by molar-refractivity contribution is 0.0975. The van der Waals surface area contributed by atoms with E-state index in [9.17, 15) is 4.79 Å². The Bertz CT molecular complexity index is 503.